The smallest absolute Gasteiger partial charge is 0.271 e. The summed E-state index contributed by atoms with van der Waals surface area (Å²) in [6, 6.07) is 1.70. The number of rotatable bonds is 2. The first-order valence-electron chi connectivity index (χ1n) is 5.04. The summed E-state index contributed by atoms with van der Waals surface area (Å²) in [5.74, 6) is 0. The van der Waals surface area contributed by atoms with Gasteiger partial charge < -0.3 is 10.3 Å². The lowest BCUT2D eigenvalue weighted by atomic mass is 10.3. The molecule has 2 rings (SSSR count). The van der Waals surface area contributed by atoms with Crippen molar-refractivity contribution in [1.82, 2.24) is 4.57 Å². The number of pyridine rings is 1. The molecule has 1 aromatic rings. The zero-order valence-corrected chi connectivity index (χ0v) is 10.0. The van der Waals surface area contributed by atoms with E-state index in [2.05, 4.69) is 0 Å². The van der Waals surface area contributed by atoms with Gasteiger partial charge in [-0.25, -0.2) is 8.42 Å². The first-order chi connectivity index (χ1) is 7.32. The van der Waals surface area contributed by atoms with E-state index in [-0.39, 0.29) is 16.6 Å². The van der Waals surface area contributed by atoms with E-state index in [0.717, 1.165) is 24.8 Å². The molecule has 0 saturated heterocycles. The maximum absolute atomic E-state index is 12.0. The Morgan fingerprint density at radius 3 is 2.44 bits per heavy atom. The number of nitrogens with two attached hydrogens (primary N) is 1. The summed E-state index contributed by atoms with van der Waals surface area (Å²) in [4.78, 5) is 11.8. The Bertz CT molecular complexity index is 597. The van der Waals surface area contributed by atoms with Crippen molar-refractivity contribution in [3.63, 3.8) is 0 Å². The molecule has 0 radical (unpaired) electrons. The molecule has 16 heavy (non-hydrogen) atoms. The van der Waals surface area contributed by atoms with Crippen molar-refractivity contribution in [2.45, 2.75) is 30.7 Å². The Morgan fingerprint density at radius 2 is 2.00 bits per heavy atom. The van der Waals surface area contributed by atoms with Gasteiger partial charge in [0.15, 0.2) is 14.7 Å². The Kier molecular flexibility index (Phi) is 2.34. The first kappa shape index (κ1) is 11.2. The molecule has 0 amide bonds. The lowest BCUT2D eigenvalue weighted by Gasteiger charge is -2.12. The average molecular weight is 242 g/mol. The fourth-order valence-corrected chi connectivity index (χ4v) is 2.82. The second kappa shape index (κ2) is 3.35. The van der Waals surface area contributed by atoms with Crippen LogP contribution in [0, 0.1) is 6.92 Å². The first-order valence-corrected chi connectivity index (χ1v) is 6.93. The van der Waals surface area contributed by atoms with E-state index < -0.39 is 15.4 Å². The number of hydrogen-bond donors (Lipinski definition) is 1. The number of aromatic nitrogens is 1. The quantitative estimate of drug-likeness (QED) is 0.817. The summed E-state index contributed by atoms with van der Waals surface area (Å²) in [5, 5.41) is 0. The van der Waals surface area contributed by atoms with Gasteiger partial charge in [-0.2, -0.15) is 0 Å². The van der Waals surface area contributed by atoms with Gasteiger partial charge in [-0.3, -0.25) is 4.79 Å². The molecule has 1 heterocycles. The van der Waals surface area contributed by atoms with Crippen LogP contribution < -0.4 is 11.3 Å². The normalized spacial score (nSPS) is 16.4. The van der Waals surface area contributed by atoms with Crippen LogP contribution in [-0.2, 0) is 9.84 Å². The molecule has 0 aromatic carbocycles. The van der Waals surface area contributed by atoms with Gasteiger partial charge in [-0.05, 0) is 25.8 Å². The summed E-state index contributed by atoms with van der Waals surface area (Å²) < 4.78 is 24.5. The zero-order valence-electron chi connectivity index (χ0n) is 9.23. The Hall–Kier alpha value is -1.30. The maximum Gasteiger partial charge on any atom is 0.271 e. The summed E-state index contributed by atoms with van der Waals surface area (Å²) in [6.07, 6.45) is 2.86. The summed E-state index contributed by atoms with van der Waals surface area (Å²) >= 11 is 0. The lowest BCUT2D eigenvalue weighted by molar-refractivity contribution is 0.595. The van der Waals surface area contributed by atoms with E-state index in [1.807, 2.05) is 0 Å². The van der Waals surface area contributed by atoms with Gasteiger partial charge in [-0.15, -0.1) is 0 Å². The minimum Gasteiger partial charge on any atom is -0.397 e. The third-order valence-electron chi connectivity index (χ3n) is 2.70. The molecule has 1 fully saturated rings. The predicted octanol–water partition coefficient (Wildman–Crippen LogP) is 0.477. The monoisotopic (exact) mass is 242 g/mol. The van der Waals surface area contributed by atoms with Crippen molar-refractivity contribution in [3.05, 3.63) is 22.1 Å². The van der Waals surface area contributed by atoms with E-state index in [1.54, 1.807) is 13.0 Å². The zero-order chi connectivity index (χ0) is 12.1. The number of nitrogens with zero attached hydrogens (tertiary/aromatic N) is 1. The molecule has 2 N–H and O–H groups in total. The van der Waals surface area contributed by atoms with Crippen LogP contribution in [-0.4, -0.2) is 19.2 Å². The van der Waals surface area contributed by atoms with E-state index in [4.69, 9.17) is 5.73 Å². The van der Waals surface area contributed by atoms with Crippen molar-refractivity contribution in [2.24, 2.45) is 0 Å². The molecule has 5 nitrogen and oxygen atoms in total. The third kappa shape index (κ3) is 1.73. The molecule has 1 aliphatic rings. The van der Waals surface area contributed by atoms with Crippen molar-refractivity contribution in [1.29, 1.82) is 0 Å². The fraction of sp³-hybridized carbons (Fsp3) is 0.500. The van der Waals surface area contributed by atoms with E-state index in [1.165, 1.54) is 4.57 Å². The van der Waals surface area contributed by atoms with Crippen molar-refractivity contribution in [3.8, 4) is 0 Å². The van der Waals surface area contributed by atoms with Gasteiger partial charge in [0.05, 0.1) is 5.69 Å². The second-order valence-corrected chi connectivity index (χ2v) is 6.20. The van der Waals surface area contributed by atoms with Crippen molar-refractivity contribution >= 4 is 15.5 Å². The fourth-order valence-electron chi connectivity index (χ4n) is 1.91. The molecular weight excluding hydrogens is 228 g/mol. The number of sulfone groups is 1. The molecule has 0 aliphatic heterocycles. The van der Waals surface area contributed by atoms with Crippen LogP contribution in [0.15, 0.2) is 15.8 Å². The third-order valence-corrected chi connectivity index (χ3v) is 3.85. The Balaban J connectivity index is 2.81. The molecule has 0 atom stereocenters. The molecule has 1 aromatic heterocycles. The predicted molar refractivity (Wildman–Crippen MR) is 61.2 cm³/mol. The highest BCUT2D eigenvalue weighted by molar-refractivity contribution is 7.90. The number of aryl methyl sites for hydroxylation is 1. The maximum atomic E-state index is 12.0. The van der Waals surface area contributed by atoms with Gasteiger partial charge in [0.2, 0.25) is 0 Å². The van der Waals surface area contributed by atoms with Crippen molar-refractivity contribution < 1.29 is 8.42 Å². The van der Waals surface area contributed by atoms with Crippen LogP contribution in [0.1, 0.15) is 24.6 Å². The van der Waals surface area contributed by atoms with E-state index >= 15 is 0 Å². The number of nitrogen functional groups attached to an aromatic ring is 1. The molecule has 0 unspecified atom stereocenters. The van der Waals surface area contributed by atoms with Gasteiger partial charge in [0.1, 0.15) is 0 Å². The van der Waals surface area contributed by atoms with Crippen LogP contribution in [0.3, 0.4) is 0 Å². The van der Waals surface area contributed by atoms with Crippen LogP contribution in [0.25, 0.3) is 0 Å². The van der Waals surface area contributed by atoms with Crippen LogP contribution >= 0.6 is 0 Å². The summed E-state index contributed by atoms with van der Waals surface area (Å²) in [6.45, 7) is 1.77. The largest absolute Gasteiger partial charge is 0.397 e. The van der Waals surface area contributed by atoms with Gasteiger partial charge in [-0.1, -0.05) is 0 Å². The number of hydrogen-bond acceptors (Lipinski definition) is 4. The SMILES string of the molecule is Cc1cc(N)c(S(C)(=O)=O)c(=O)n1C1CC1. The highest BCUT2D eigenvalue weighted by Gasteiger charge is 2.29. The van der Waals surface area contributed by atoms with Crippen molar-refractivity contribution in [2.75, 3.05) is 12.0 Å². The summed E-state index contributed by atoms with van der Waals surface area (Å²) in [7, 11) is -3.57. The molecule has 1 aliphatic carbocycles. The summed E-state index contributed by atoms with van der Waals surface area (Å²) in [5.41, 5.74) is 5.88. The Morgan fingerprint density at radius 1 is 1.44 bits per heavy atom. The van der Waals surface area contributed by atoms with Crippen LogP contribution in [0.5, 0.6) is 0 Å². The van der Waals surface area contributed by atoms with E-state index in [9.17, 15) is 13.2 Å². The van der Waals surface area contributed by atoms with Gasteiger partial charge in [0.25, 0.3) is 5.56 Å². The molecule has 0 bridgehead atoms. The lowest BCUT2D eigenvalue weighted by Crippen LogP contribution is -2.28. The standard InChI is InChI=1S/C10H14N2O3S/c1-6-5-8(11)9(16(2,14)15)10(13)12(6)7-3-4-7/h5,7H,3-4,11H2,1-2H3. The molecule has 0 spiro atoms. The van der Waals surface area contributed by atoms with Gasteiger partial charge in [0, 0.05) is 18.0 Å². The highest BCUT2D eigenvalue weighted by Crippen LogP contribution is 2.35. The number of anilines is 1. The van der Waals surface area contributed by atoms with Gasteiger partial charge >= 0.3 is 0 Å². The molecule has 1 saturated carbocycles. The molecule has 6 heteroatoms. The highest BCUT2D eigenvalue weighted by atomic mass is 32.2. The van der Waals surface area contributed by atoms with E-state index in [0.29, 0.717) is 0 Å². The minimum absolute atomic E-state index is 0.0434. The molecule has 88 valence electrons. The topological polar surface area (TPSA) is 82.2 Å². The Labute approximate surface area is 93.8 Å². The average Bonchev–Trinajstić information content (AvgIpc) is 2.83. The second-order valence-electron chi connectivity index (χ2n) is 4.25. The van der Waals surface area contributed by atoms with Crippen LogP contribution in [0.4, 0.5) is 5.69 Å². The molecular formula is C10H14N2O3S. The minimum atomic E-state index is -3.57. The van der Waals surface area contributed by atoms with Crippen LogP contribution in [0.2, 0.25) is 0 Å².